The highest BCUT2D eigenvalue weighted by Gasteiger charge is 2.36. The van der Waals surface area contributed by atoms with Gasteiger partial charge in [-0.05, 0) is 18.2 Å². The monoisotopic (exact) mass is 431 g/mol. The molecule has 140 valence electrons. The van der Waals surface area contributed by atoms with E-state index >= 15 is 0 Å². The number of anilines is 1. The third-order valence-corrected chi connectivity index (χ3v) is 5.06. The van der Waals surface area contributed by atoms with Gasteiger partial charge in [0.25, 0.3) is 5.69 Å². The molecule has 1 unspecified atom stereocenters. The lowest BCUT2D eigenvalue weighted by atomic mass is 10.1. The van der Waals surface area contributed by atoms with E-state index in [2.05, 4.69) is 15.9 Å². The summed E-state index contributed by atoms with van der Waals surface area (Å²) in [6, 6.07) is 13.7. The van der Waals surface area contributed by atoms with E-state index in [4.69, 9.17) is 0 Å². The molecule has 1 atom stereocenters. The number of amides is 2. The Labute approximate surface area is 164 Å². The van der Waals surface area contributed by atoms with Crippen LogP contribution in [0.4, 0.5) is 11.4 Å². The maximum Gasteiger partial charge on any atom is 0.274 e. The van der Waals surface area contributed by atoms with Crippen molar-refractivity contribution >= 4 is 39.1 Å². The van der Waals surface area contributed by atoms with E-state index in [0.29, 0.717) is 12.1 Å². The molecule has 27 heavy (non-hydrogen) atoms. The molecular formula is C19H18BrN3O4. The van der Waals surface area contributed by atoms with Gasteiger partial charge < -0.3 is 9.80 Å². The number of hydrogen-bond acceptors (Lipinski definition) is 4. The van der Waals surface area contributed by atoms with Crippen molar-refractivity contribution in [3.05, 3.63) is 68.7 Å². The van der Waals surface area contributed by atoms with Crippen LogP contribution in [0, 0.1) is 16.0 Å². The Balaban J connectivity index is 1.71. The molecule has 0 N–H and O–H groups in total. The molecular weight excluding hydrogens is 414 g/mol. The van der Waals surface area contributed by atoms with Gasteiger partial charge in [-0.3, -0.25) is 19.7 Å². The Morgan fingerprint density at radius 2 is 2.04 bits per heavy atom. The van der Waals surface area contributed by atoms with E-state index in [1.54, 1.807) is 30.1 Å². The van der Waals surface area contributed by atoms with Crippen molar-refractivity contribution in [1.82, 2.24) is 4.90 Å². The molecule has 1 fully saturated rings. The van der Waals surface area contributed by atoms with Gasteiger partial charge >= 0.3 is 0 Å². The second kappa shape index (κ2) is 7.87. The summed E-state index contributed by atoms with van der Waals surface area (Å²) in [4.78, 5) is 38.9. The van der Waals surface area contributed by atoms with Gasteiger partial charge in [-0.25, -0.2) is 0 Å². The van der Waals surface area contributed by atoms with Gasteiger partial charge in [0.1, 0.15) is 0 Å². The van der Waals surface area contributed by atoms with Crippen molar-refractivity contribution in [1.29, 1.82) is 0 Å². The first kappa shape index (κ1) is 19.0. The Bertz CT molecular complexity index is 902. The van der Waals surface area contributed by atoms with Crippen LogP contribution in [-0.4, -0.2) is 35.2 Å². The molecule has 0 spiro atoms. The van der Waals surface area contributed by atoms with Gasteiger partial charge in [0.15, 0.2) is 0 Å². The van der Waals surface area contributed by atoms with Crippen LogP contribution in [-0.2, 0) is 16.1 Å². The van der Waals surface area contributed by atoms with Gasteiger partial charge in [-0.15, -0.1) is 0 Å². The smallest absolute Gasteiger partial charge is 0.274 e. The van der Waals surface area contributed by atoms with E-state index in [1.165, 1.54) is 11.0 Å². The number of nitro benzene ring substituents is 1. The van der Waals surface area contributed by atoms with Crippen LogP contribution in [0.2, 0.25) is 0 Å². The summed E-state index contributed by atoms with van der Waals surface area (Å²) in [5.74, 6) is -0.770. The Kier molecular flexibility index (Phi) is 5.55. The highest BCUT2D eigenvalue weighted by Crippen LogP contribution is 2.29. The van der Waals surface area contributed by atoms with Crippen molar-refractivity contribution in [2.45, 2.75) is 13.0 Å². The Hall–Kier alpha value is -2.74. The fourth-order valence-electron chi connectivity index (χ4n) is 3.23. The third kappa shape index (κ3) is 4.16. The van der Waals surface area contributed by atoms with Crippen molar-refractivity contribution < 1.29 is 14.5 Å². The van der Waals surface area contributed by atoms with Crippen LogP contribution in [0.3, 0.4) is 0 Å². The van der Waals surface area contributed by atoms with E-state index in [0.717, 1.165) is 10.2 Å². The number of hydrogen-bond donors (Lipinski definition) is 0. The largest absolute Gasteiger partial charge is 0.341 e. The summed E-state index contributed by atoms with van der Waals surface area (Å²) in [6.45, 7) is 0.424. The zero-order valence-corrected chi connectivity index (χ0v) is 16.3. The van der Waals surface area contributed by atoms with E-state index in [1.807, 2.05) is 24.3 Å². The lowest BCUT2D eigenvalue weighted by Gasteiger charge is -2.21. The normalized spacial score (nSPS) is 16.4. The topological polar surface area (TPSA) is 83.8 Å². The molecule has 2 amide bonds. The first-order valence-electron chi connectivity index (χ1n) is 8.40. The van der Waals surface area contributed by atoms with Crippen LogP contribution >= 0.6 is 15.9 Å². The van der Waals surface area contributed by atoms with Crippen molar-refractivity contribution in [2.75, 3.05) is 18.5 Å². The van der Waals surface area contributed by atoms with Gasteiger partial charge in [0, 0.05) is 41.8 Å². The molecule has 0 aromatic heterocycles. The van der Waals surface area contributed by atoms with E-state index < -0.39 is 10.8 Å². The molecule has 1 aliphatic heterocycles. The minimum absolute atomic E-state index is 0.0181. The second-order valence-corrected chi connectivity index (χ2v) is 7.38. The summed E-state index contributed by atoms with van der Waals surface area (Å²) in [7, 11) is 1.60. The molecule has 2 aromatic rings. The quantitative estimate of drug-likeness (QED) is 0.536. The summed E-state index contributed by atoms with van der Waals surface area (Å²) in [6.07, 6.45) is 0.132. The Morgan fingerprint density at radius 1 is 1.30 bits per heavy atom. The van der Waals surface area contributed by atoms with Gasteiger partial charge in [0.2, 0.25) is 11.8 Å². The number of carbonyl (C=O) groups is 2. The summed E-state index contributed by atoms with van der Waals surface area (Å²) < 4.78 is 0.857. The van der Waals surface area contributed by atoms with Crippen LogP contribution in [0.5, 0.6) is 0 Å². The van der Waals surface area contributed by atoms with Crippen LogP contribution in [0.15, 0.2) is 53.0 Å². The Morgan fingerprint density at radius 3 is 2.74 bits per heavy atom. The molecule has 8 heteroatoms. The van der Waals surface area contributed by atoms with Crippen LogP contribution in [0.25, 0.3) is 0 Å². The molecule has 0 aliphatic carbocycles. The molecule has 7 nitrogen and oxygen atoms in total. The molecule has 0 bridgehead atoms. The lowest BCUT2D eigenvalue weighted by molar-refractivity contribution is -0.385. The van der Waals surface area contributed by atoms with E-state index in [9.17, 15) is 19.7 Å². The highest BCUT2D eigenvalue weighted by atomic mass is 79.9. The highest BCUT2D eigenvalue weighted by molar-refractivity contribution is 9.10. The number of nitrogens with zero attached hydrogens (tertiary/aromatic N) is 3. The molecule has 1 saturated heterocycles. The molecule has 3 rings (SSSR count). The number of para-hydroxylation sites is 1. The summed E-state index contributed by atoms with van der Waals surface area (Å²) in [5.41, 5.74) is 1.19. The van der Waals surface area contributed by atoms with Crippen molar-refractivity contribution in [3.63, 3.8) is 0 Å². The van der Waals surface area contributed by atoms with Gasteiger partial charge in [0.05, 0.1) is 17.4 Å². The second-order valence-electron chi connectivity index (χ2n) is 6.47. The van der Waals surface area contributed by atoms with Crippen molar-refractivity contribution in [2.24, 2.45) is 5.92 Å². The van der Waals surface area contributed by atoms with Crippen molar-refractivity contribution in [3.8, 4) is 0 Å². The minimum Gasteiger partial charge on any atom is -0.341 e. The number of carbonyl (C=O) groups excluding carboxylic acids is 2. The maximum absolute atomic E-state index is 12.8. The predicted octanol–water partition coefficient (Wildman–Crippen LogP) is 3.37. The lowest BCUT2D eigenvalue weighted by Crippen LogP contribution is -2.34. The molecule has 0 radical (unpaired) electrons. The predicted molar refractivity (Wildman–Crippen MR) is 104 cm³/mol. The van der Waals surface area contributed by atoms with Crippen LogP contribution in [0.1, 0.15) is 12.0 Å². The molecule has 2 aromatic carbocycles. The number of nitro groups is 1. The standard InChI is InChI=1S/C19H18BrN3O4/c1-21(11-13-5-2-3-8-17(13)23(26)27)19(25)14-9-18(24)22(12-14)16-7-4-6-15(20)10-16/h2-8,10,14H,9,11-12H2,1H3. The summed E-state index contributed by atoms with van der Waals surface area (Å²) >= 11 is 3.38. The van der Waals surface area contributed by atoms with Crippen LogP contribution < -0.4 is 4.90 Å². The fourth-order valence-corrected chi connectivity index (χ4v) is 3.62. The fraction of sp³-hybridized carbons (Fsp3) is 0.263. The molecule has 1 aliphatic rings. The molecule has 0 saturated carbocycles. The zero-order valence-electron chi connectivity index (χ0n) is 14.7. The minimum atomic E-state index is -0.468. The first-order valence-corrected chi connectivity index (χ1v) is 9.19. The van der Waals surface area contributed by atoms with Gasteiger partial charge in [-0.2, -0.15) is 0 Å². The SMILES string of the molecule is CN(Cc1ccccc1[N+](=O)[O-])C(=O)C1CC(=O)N(c2cccc(Br)c2)C1. The zero-order chi connectivity index (χ0) is 19.6. The molecule has 1 heterocycles. The van der Waals surface area contributed by atoms with Gasteiger partial charge in [-0.1, -0.05) is 40.2 Å². The van der Waals surface area contributed by atoms with E-state index in [-0.39, 0.29) is 30.5 Å². The number of rotatable bonds is 5. The summed E-state index contributed by atoms with van der Waals surface area (Å²) in [5, 5.41) is 11.1. The number of halogens is 1. The average Bonchev–Trinajstić information content (AvgIpc) is 3.03. The average molecular weight is 432 g/mol. The number of benzene rings is 2. The maximum atomic E-state index is 12.8. The first-order chi connectivity index (χ1) is 12.9. The third-order valence-electron chi connectivity index (χ3n) is 4.57.